The first kappa shape index (κ1) is 14.1. The van der Waals surface area contributed by atoms with Gasteiger partial charge in [0.25, 0.3) is 5.91 Å². The highest BCUT2D eigenvalue weighted by molar-refractivity contribution is 6.34. The number of carbonyl (C=O) groups is 1. The lowest BCUT2D eigenvalue weighted by molar-refractivity contribution is 0.100. The lowest BCUT2D eigenvalue weighted by Gasteiger charge is -2.15. The van der Waals surface area contributed by atoms with E-state index in [0.717, 1.165) is 0 Å². The first-order valence-electron chi connectivity index (χ1n) is 5.81. The van der Waals surface area contributed by atoms with Crippen LogP contribution in [0.2, 0.25) is 5.02 Å². The second-order valence-corrected chi connectivity index (χ2v) is 4.73. The number of nitrogens with one attached hydrogen (secondary N) is 1. The minimum absolute atomic E-state index is 0.152. The van der Waals surface area contributed by atoms with Gasteiger partial charge in [0.2, 0.25) is 0 Å². The number of primary amides is 1. The molecule has 1 amide bonds. The van der Waals surface area contributed by atoms with Crippen LogP contribution in [0, 0.1) is 12.7 Å². The smallest absolute Gasteiger partial charge is 0.250 e. The average molecular weight is 294 g/mol. The number of rotatable bonds is 3. The summed E-state index contributed by atoms with van der Waals surface area (Å²) in [5.74, 6) is -1.03. The highest BCUT2D eigenvalue weighted by atomic mass is 35.5. The molecule has 0 spiro atoms. The van der Waals surface area contributed by atoms with E-state index in [1.165, 1.54) is 18.2 Å². The lowest BCUT2D eigenvalue weighted by atomic mass is 10.1. The van der Waals surface area contributed by atoms with Gasteiger partial charge in [0.1, 0.15) is 5.82 Å². The van der Waals surface area contributed by atoms with Crippen LogP contribution in [-0.2, 0) is 0 Å². The number of hydrogen-bond acceptors (Lipinski definition) is 3. The van der Waals surface area contributed by atoms with Gasteiger partial charge in [-0.25, -0.2) is 4.39 Å². The van der Waals surface area contributed by atoms with Crippen LogP contribution >= 0.6 is 11.6 Å². The Labute approximate surface area is 120 Å². The van der Waals surface area contributed by atoms with Crippen molar-refractivity contribution in [2.24, 2.45) is 5.73 Å². The van der Waals surface area contributed by atoms with E-state index >= 15 is 0 Å². The number of amides is 1. The Bertz CT molecular complexity index is 688. The van der Waals surface area contributed by atoms with E-state index in [2.05, 4.69) is 5.32 Å². The third-order valence-electron chi connectivity index (χ3n) is 2.91. The average Bonchev–Trinajstić information content (AvgIpc) is 2.37. The Morgan fingerprint density at radius 3 is 2.70 bits per heavy atom. The topological polar surface area (TPSA) is 81.1 Å². The van der Waals surface area contributed by atoms with Gasteiger partial charge < -0.3 is 16.8 Å². The summed E-state index contributed by atoms with van der Waals surface area (Å²) in [7, 11) is 0. The molecule has 0 fully saturated rings. The second-order valence-electron chi connectivity index (χ2n) is 4.33. The van der Waals surface area contributed by atoms with Gasteiger partial charge in [-0.3, -0.25) is 4.79 Å². The molecule has 5 N–H and O–H groups in total. The van der Waals surface area contributed by atoms with E-state index in [-0.39, 0.29) is 16.4 Å². The summed E-state index contributed by atoms with van der Waals surface area (Å²) in [4.78, 5) is 11.5. The Kier molecular flexibility index (Phi) is 3.81. The molecule has 0 atom stereocenters. The van der Waals surface area contributed by atoms with Crippen LogP contribution in [0.5, 0.6) is 0 Å². The van der Waals surface area contributed by atoms with Crippen molar-refractivity contribution in [3.05, 3.63) is 52.3 Å². The number of benzene rings is 2. The largest absolute Gasteiger partial charge is 0.399 e. The van der Waals surface area contributed by atoms with Gasteiger partial charge in [-0.15, -0.1) is 0 Å². The summed E-state index contributed by atoms with van der Waals surface area (Å²) in [5, 5.41) is 3.17. The summed E-state index contributed by atoms with van der Waals surface area (Å²) in [6, 6.07) is 7.49. The SMILES string of the molecule is Cc1c(F)cccc1Nc1c(Cl)cc(N)cc1C(N)=O. The quantitative estimate of drug-likeness (QED) is 0.760. The third-order valence-corrected chi connectivity index (χ3v) is 3.20. The van der Waals surface area contributed by atoms with E-state index in [0.29, 0.717) is 22.6 Å². The van der Waals surface area contributed by atoms with Crippen molar-refractivity contribution in [2.45, 2.75) is 6.92 Å². The van der Waals surface area contributed by atoms with Crippen LogP contribution in [0.15, 0.2) is 30.3 Å². The highest BCUT2D eigenvalue weighted by Gasteiger charge is 2.15. The normalized spacial score (nSPS) is 10.3. The summed E-state index contributed by atoms with van der Waals surface area (Å²) in [6.07, 6.45) is 0. The fourth-order valence-corrected chi connectivity index (χ4v) is 2.10. The fourth-order valence-electron chi connectivity index (χ4n) is 1.83. The molecule has 6 heteroatoms. The van der Waals surface area contributed by atoms with Crippen LogP contribution in [0.3, 0.4) is 0 Å². The Morgan fingerprint density at radius 1 is 1.35 bits per heavy atom. The molecule has 0 aliphatic heterocycles. The molecule has 2 rings (SSSR count). The number of hydrogen-bond donors (Lipinski definition) is 3. The zero-order chi connectivity index (χ0) is 14.9. The molecule has 0 aromatic heterocycles. The first-order valence-corrected chi connectivity index (χ1v) is 6.19. The van der Waals surface area contributed by atoms with Crippen LogP contribution < -0.4 is 16.8 Å². The summed E-state index contributed by atoms with van der Waals surface area (Å²) >= 11 is 6.08. The van der Waals surface area contributed by atoms with Crippen LogP contribution in [0.4, 0.5) is 21.5 Å². The van der Waals surface area contributed by atoms with E-state index in [9.17, 15) is 9.18 Å². The van der Waals surface area contributed by atoms with Gasteiger partial charge in [0, 0.05) is 16.9 Å². The van der Waals surface area contributed by atoms with Gasteiger partial charge in [-0.2, -0.15) is 0 Å². The molecule has 104 valence electrons. The first-order chi connectivity index (χ1) is 9.40. The maximum absolute atomic E-state index is 13.5. The monoisotopic (exact) mass is 293 g/mol. The molecular formula is C14H13ClFN3O. The number of anilines is 3. The zero-order valence-corrected chi connectivity index (χ0v) is 11.5. The number of nitrogens with two attached hydrogens (primary N) is 2. The van der Waals surface area contributed by atoms with Gasteiger partial charge in [0.15, 0.2) is 0 Å². The van der Waals surface area contributed by atoms with Crippen LogP contribution in [0.25, 0.3) is 0 Å². The number of carbonyl (C=O) groups excluding carboxylic acids is 1. The van der Waals surface area contributed by atoms with Gasteiger partial charge in [-0.05, 0) is 31.2 Å². The molecule has 0 saturated heterocycles. The van der Waals surface area contributed by atoms with E-state index in [4.69, 9.17) is 23.1 Å². The lowest BCUT2D eigenvalue weighted by Crippen LogP contribution is -2.14. The Balaban J connectivity index is 2.53. The fraction of sp³-hybridized carbons (Fsp3) is 0.0714. The molecule has 20 heavy (non-hydrogen) atoms. The molecule has 2 aromatic rings. The molecular weight excluding hydrogens is 281 g/mol. The van der Waals surface area contributed by atoms with Gasteiger partial charge >= 0.3 is 0 Å². The third kappa shape index (κ3) is 2.67. The van der Waals surface area contributed by atoms with Crippen molar-refractivity contribution in [1.82, 2.24) is 0 Å². The van der Waals surface area contributed by atoms with E-state index < -0.39 is 5.91 Å². The molecule has 0 heterocycles. The molecule has 0 bridgehead atoms. The summed E-state index contributed by atoms with van der Waals surface area (Å²) in [6.45, 7) is 1.62. The minimum Gasteiger partial charge on any atom is -0.399 e. The van der Waals surface area contributed by atoms with E-state index in [1.54, 1.807) is 19.1 Å². The molecule has 0 saturated carbocycles. The number of nitrogen functional groups attached to an aromatic ring is 1. The summed E-state index contributed by atoms with van der Waals surface area (Å²) < 4.78 is 13.5. The Morgan fingerprint density at radius 2 is 2.05 bits per heavy atom. The van der Waals surface area contributed by atoms with Crippen molar-refractivity contribution < 1.29 is 9.18 Å². The van der Waals surface area contributed by atoms with E-state index in [1.807, 2.05) is 0 Å². The number of halogens is 2. The minimum atomic E-state index is -0.671. The predicted octanol–water partition coefficient (Wildman–Crippen LogP) is 3.21. The van der Waals surface area contributed by atoms with Crippen LogP contribution in [-0.4, -0.2) is 5.91 Å². The summed E-state index contributed by atoms with van der Waals surface area (Å²) in [5.41, 5.74) is 12.6. The molecule has 0 radical (unpaired) electrons. The highest BCUT2D eigenvalue weighted by Crippen LogP contribution is 2.33. The molecule has 2 aromatic carbocycles. The van der Waals surface area contributed by atoms with Crippen molar-refractivity contribution in [2.75, 3.05) is 11.1 Å². The van der Waals surface area contributed by atoms with Gasteiger partial charge in [-0.1, -0.05) is 17.7 Å². The maximum atomic E-state index is 13.5. The molecule has 0 aliphatic carbocycles. The Hall–Kier alpha value is -2.27. The van der Waals surface area contributed by atoms with Crippen molar-refractivity contribution in [3.63, 3.8) is 0 Å². The molecule has 0 aliphatic rings. The predicted molar refractivity (Wildman–Crippen MR) is 78.8 cm³/mol. The van der Waals surface area contributed by atoms with Gasteiger partial charge in [0.05, 0.1) is 16.3 Å². The second kappa shape index (κ2) is 5.38. The standard InChI is InChI=1S/C14H13ClFN3O/c1-7-11(16)3-2-4-12(7)19-13-9(14(18)20)5-8(17)6-10(13)15/h2-6,19H,17H2,1H3,(H2,18,20). The van der Waals surface area contributed by atoms with Crippen LogP contribution in [0.1, 0.15) is 15.9 Å². The van der Waals surface area contributed by atoms with Crippen molar-refractivity contribution in [1.29, 1.82) is 0 Å². The van der Waals surface area contributed by atoms with Crippen molar-refractivity contribution >= 4 is 34.6 Å². The maximum Gasteiger partial charge on any atom is 0.250 e. The molecule has 0 unspecified atom stereocenters. The molecule has 4 nitrogen and oxygen atoms in total. The van der Waals surface area contributed by atoms with Crippen molar-refractivity contribution in [3.8, 4) is 0 Å². The zero-order valence-electron chi connectivity index (χ0n) is 10.7.